The summed E-state index contributed by atoms with van der Waals surface area (Å²) in [5.74, 6) is -3.54. The summed E-state index contributed by atoms with van der Waals surface area (Å²) in [7, 11) is 4.92. The van der Waals surface area contributed by atoms with Crippen molar-refractivity contribution >= 4 is 11.9 Å². The Morgan fingerprint density at radius 3 is 1.25 bits per heavy atom. The largest absolute Gasteiger partial charge is 0.479 e. The molecule has 0 bridgehead atoms. The van der Waals surface area contributed by atoms with Gasteiger partial charge < -0.3 is 20.4 Å². The van der Waals surface area contributed by atoms with Gasteiger partial charge in [0, 0.05) is 0 Å². The van der Waals surface area contributed by atoms with E-state index in [2.05, 4.69) is 19.0 Å². The minimum atomic E-state index is -2.66. The Labute approximate surface area is 127 Å². The summed E-state index contributed by atoms with van der Waals surface area (Å²) in [5.41, 5.74) is 0. The molecule has 10 heterocycles. The van der Waals surface area contributed by atoms with Crippen molar-refractivity contribution in [2.45, 2.75) is 60.0 Å². The van der Waals surface area contributed by atoms with Crippen molar-refractivity contribution < 1.29 is 36.5 Å². The minimum Gasteiger partial charge on any atom is -0.479 e. The Morgan fingerprint density at radius 1 is 0.833 bits per heavy atom. The number of fused-ring (bicyclic) bond motifs is 10. The number of hydrogen-bond donors (Lipinski definition) is 4. The van der Waals surface area contributed by atoms with Gasteiger partial charge in [-0.25, -0.2) is 9.59 Å². The van der Waals surface area contributed by atoms with Crippen molar-refractivity contribution in [3.8, 4) is 0 Å². The quantitative estimate of drug-likeness (QED) is 0.532. The molecule has 6 unspecified atom stereocenters. The van der Waals surface area contributed by atoms with Crippen LogP contribution in [0.2, 0.25) is 43.3 Å². The monoisotopic (exact) mass is 379 g/mol. The third kappa shape index (κ3) is 0.166. The molecule has 0 aromatic carbocycles. The van der Waals surface area contributed by atoms with E-state index in [1.807, 2.05) is 0 Å². The summed E-state index contributed by atoms with van der Waals surface area (Å²) in [6.07, 6.45) is -4.53. The smallest absolute Gasteiger partial charge is 0.335 e. The predicted octanol–water partition coefficient (Wildman–Crippen LogP) is 0.722. The predicted molar refractivity (Wildman–Crippen MR) is 77.5 cm³/mol. The van der Waals surface area contributed by atoms with Crippen LogP contribution in [0.25, 0.3) is 0 Å². The van der Waals surface area contributed by atoms with Crippen LogP contribution < -0.4 is 0 Å². The van der Waals surface area contributed by atoms with Crippen LogP contribution in [0.3, 0.4) is 0 Å². The molecule has 7 nitrogen and oxygen atoms in total. The number of aliphatic carboxylic acids is 2. The number of aliphatic hydroxyl groups excluding tert-OH is 2. The topological polar surface area (TPSA) is 118 Å². The zero-order valence-corrected chi connectivity index (χ0v) is 14.4. The van der Waals surface area contributed by atoms with E-state index in [-0.39, 0.29) is 0 Å². The van der Waals surface area contributed by atoms with Crippen LogP contribution in [0.4, 0.5) is 0 Å². The SMILES string of the molecule is CN(C)[C]12[CH]3[CH]4[CH]5[CH]1[Fe]45321678[CH]2[CH]1[CH]6[CH]7[CH]28.O=C(O)C(O)C(O)C(=O)O. The molecule has 10 rings (SSSR count). The molecular formula is C16H21FeNO6. The molecule has 0 amide bonds. The third-order valence-corrected chi connectivity index (χ3v) is 58.4. The van der Waals surface area contributed by atoms with E-state index in [1.165, 1.54) is 43.3 Å². The maximum absolute atomic E-state index is 9.77. The van der Waals surface area contributed by atoms with Crippen molar-refractivity contribution in [1.82, 2.24) is 4.90 Å². The summed E-state index contributed by atoms with van der Waals surface area (Å²) in [6.45, 7) is -2.66. The molecule has 10 aliphatic heterocycles. The molecule has 0 aromatic heterocycles. The Bertz CT molecular complexity index is 1080. The third-order valence-electron chi connectivity index (χ3n) is 16.1. The molecule has 4 N–H and O–H groups in total. The zero-order valence-electron chi connectivity index (χ0n) is 13.3. The average Bonchev–Trinajstić information content (AvgIpc) is 3.46. The van der Waals surface area contributed by atoms with Gasteiger partial charge in [0.15, 0.2) is 12.2 Å². The molecule has 0 aliphatic carbocycles. The number of hydrogen-bond acceptors (Lipinski definition) is 5. The Morgan fingerprint density at radius 2 is 1.17 bits per heavy atom. The van der Waals surface area contributed by atoms with Crippen LogP contribution in [0, 0.1) is 0 Å². The van der Waals surface area contributed by atoms with Crippen LogP contribution in [-0.4, -0.2) is 68.0 Å². The summed E-state index contributed by atoms with van der Waals surface area (Å²) < 4.78 is 1.03. The molecule has 6 atom stereocenters. The molecule has 10 aliphatic rings. The normalized spacial score (nSPS) is 89.8. The van der Waals surface area contributed by atoms with Gasteiger partial charge in [0.05, 0.1) is 0 Å². The molecule has 1 spiro atoms. The van der Waals surface area contributed by atoms with Crippen LogP contribution >= 0.6 is 0 Å². The van der Waals surface area contributed by atoms with Crippen molar-refractivity contribution in [1.29, 1.82) is 0 Å². The number of rotatable bonds is 4. The fraction of sp³-hybridized carbons (Fsp3) is 0.875. The van der Waals surface area contributed by atoms with E-state index in [0.29, 0.717) is 0 Å². The average molecular weight is 379 g/mol. The van der Waals surface area contributed by atoms with Crippen molar-refractivity contribution in [3.05, 3.63) is 0 Å². The molecule has 134 valence electrons. The van der Waals surface area contributed by atoms with Crippen LogP contribution in [-0.2, 0) is 16.1 Å². The van der Waals surface area contributed by atoms with Crippen LogP contribution in [0.1, 0.15) is 0 Å². The molecule has 10 saturated heterocycles. The summed E-state index contributed by atoms with van der Waals surface area (Å²) in [5, 5.41) is 32.5. The Hall–Kier alpha value is -0.661. The summed E-state index contributed by atoms with van der Waals surface area (Å²) in [6, 6.07) is 0. The van der Waals surface area contributed by atoms with Gasteiger partial charge >= 0.3 is 85.2 Å². The zero-order chi connectivity index (χ0) is 16.9. The minimum absolute atomic E-state index is 1.03. The van der Waals surface area contributed by atoms with Crippen LogP contribution in [0.5, 0.6) is 0 Å². The van der Waals surface area contributed by atoms with Crippen molar-refractivity contribution in [3.63, 3.8) is 0 Å². The molecule has 24 heavy (non-hydrogen) atoms. The van der Waals surface area contributed by atoms with Gasteiger partial charge in [-0.05, 0) is 0 Å². The van der Waals surface area contributed by atoms with E-state index >= 15 is 0 Å². The maximum atomic E-state index is 9.77. The van der Waals surface area contributed by atoms with Gasteiger partial charge in [-0.2, -0.15) is 0 Å². The van der Waals surface area contributed by atoms with Crippen molar-refractivity contribution in [2.24, 2.45) is 0 Å². The van der Waals surface area contributed by atoms with E-state index in [9.17, 15) is 9.59 Å². The Kier molecular flexibility index (Phi) is 0.590. The standard InChI is InChI=1S/C7H10N.C5H5.C4H6O6.Fe/c1-8(2)7-5-3-4-6-7;1-2-4-5-3-1;5-1(3(7)8)2(6)4(9)10;/h3-6H,1-2H3;1-5H;1-2,5-6H,(H,7,8)(H,9,10);. The summed E-state index contributed by atoms with van der Waals surface area (Å²) in [4.78, 5) is 35.8. The van der Waals surface area contributed by atoms with Gasteiger partial charge in [0.1, 0.15) is 0 Å². The first kappa shape index (κ1) is 11.9. The van der Waals surface area contributed by atoms with E-state index < -0.39 is 30.7 Å². The molecule has 10 fully saturated rings. The number of aliphatic hydroxyl groups is 2. The number of carboxylic acid groups (broad SMARTS) is 2. The summed E-state index contributed by atoms with van der Waals surface area (Å²) >= 11 is 0. The van der Waals surface area contributed by atoms with Gasteiger partial charge in [0.25, 0.3) is 0 Å². The van der Waals surface area contributed by atoms with Gasteiger partial charge in [-0.1, -0.05) is 0 Å². The number of nitrogens with zero attached hydrogens (tertiary/aromatic N) is 1. The molecule has 0 aromatic rings. The van der Waals surface area contributed by atoms with Crippen LogP contribution in [0.15, 0.2) is 0 Å². The number of carboxylic acids is 2. The second-order valence-corrected chi connectivity index (χ2v) is 35.6. The Balaban J connectivity index is 0.0000000942. The van der Waals surface area contributed by atoms with E-state index in [0.717, 1.165) is 4.44 Å². The fourth-order valence-electron chi connectivity index (χ4n) is 17.6. The second-order valence-electron chi connectivity index (χ2n) is 12.1. The van der Waals surface area contributed by atoms with Gasteiger partial charge in [-0.3, -0.25) is 0 Å². The first-order valence-electron chi connectivity index (χ1n) is 8.66. The molecule has 0 radical (unpaired) electrons. The van der Waals surface area contributed by atoms with E-state index in [1.54, 1.807) is 0 Å². The van der Waals surface area contributed by atoms with Gasteiger partial charge in [0.2, 0.25) is 0 Å². The number of carbonyl (C=O) groups is 2. The second kappa shape index (κ2) is 1.19. The van der Waals surface area contributed by atoms with E-state index in [4.69, 9.17) is 20.4 Å². The fourth-order valence-corrected chi connectivity index (χ4v) is 92.4. The first-order chi connectivity index (χ1) is 11.0. The van der Waals surface area contributed by atoms with Crippen molar-refractivity contribution in [2.75, 3.05) is 14.1 Å². The molecule has 0 saturated carbocycles. The first-order valence-corrected chi connectivity index (χ1v) is 14.9. The maximum Gasteiger partial charge on any atom is 0.335 e. The van der Waals surface area contributed by atoms with Gasteiger partial charge in [-0.15, -0.1) is 0 Å². The molecular weight excluding hydrogens is 358 g/mol. The molecule has 8 heteroatoms.